The van der Waals surface area contributed by atoms with Crippen LogP contribution in [0.2, 0.25) is 0 Å². The highest BCUT2D eigenvalue weighted by atomic mass is 79.9. The summed E-state index contributed by atoms with van der Waals surface area (Å²) in [6, 6.07) is 5.44. The van der Waals surface area contributed by atoms with E-state index in [1.807, 2.05) is 0 Å². The Labute approximate surface area is 183 Å². The SMILES string of the molecule is Nc1c(Br)cc(S(=O)(=O)C(F)(F)F)cc1Br.Nc1ccc(S(=O)(=O)C(F)(F)F)cc1. The molecule has 0 fully saturated rings. The number of benzene rings is 2. The first-order valence-corrected chi connectivity index (χ1v) is 11.6. The van der Waals surface area contributed by atoms with E-state index in [4.69, 9.17) is 11.5 Å². The van der Waals surface area contributed by atoms with Gasteiger partial charge >= 0.3 is 11.0 Å². The van der Waals surface area contributed by atoms with Crippen LogP contribution >= 0.6 is 31.9 Å². The maximum absolute atomic E-state index is 12.2. The van der Waals surface area contributed by atoms with Gasteiger partial charge in [-0.1, -0.05) is 0 Å². The van der Waals surface area contributed by atoms with Gasteiger partial charge in [-0.15, -0.1) is 0 Å². The Kier molecular flexibility index (Phi) is 7.88. The van der Waals surface area contributed by atoms with E-state index in [1.54, 1.807) is 0 Å². The van der Waals surface area contributed by atoms with Crippen LogP contribution in [-0.2, 0) is 19.7 Å². The number of nitrogens with two attached hydrogens (primary N) is 2. The van der Waals surface area contributed by atoms with Gasteiger partial charge in [-0.3, -0.25) is 0 Å². The molecule has 0 amide bonds. The predicted molar refractivity (Wildman–Crippen MR) is 104 cm³/mol. The van der Waals surface area contributed by atoms with Crippen LogP contribution in [0.5, 0.6) is 0 Å². The topological polar surface area (TPSA) is 120 Å². The summed E-state index contributed by atoms with van der Waals surface area (Å²) in [4.78, 5) is -1.67. The molecule has 0 atom stereocenters. The van der Waals surface area contributed by atoms with Gasteiger partial charge in [-0.2, -0.15) is 26.3 Å². The van der Waals surface area contributed by atoms with E-state index < -0.39 is 40.5 Å². The fraction of sp³-hybridized carbons (Fsp3) is 0.143. The molecular formula is C14H10Br2F6N2O4S2. The predicted octanol–water partition coefficient (Wildman–Crippen LogP) is 4.65. The van der Waals surface area contributed by atoms with Gasteiger partial charge in [-0.05, 0) is 68.3 Å². The van der Waals surface area contributed by atoms with Crippen LogP contribution in [0.3, 0.4) is 0 Å². The highest BCUT2D eigenvalue weighted by Crippen LogP contribution is 2.36. The van der Waals surface area contributed by atoms with Crippen LogP contribution in [0.25, 0.3) is 0 Å². The molecule has 2 rings (SSSR count). The first-order chi connectivity index (χ1) is 13.3. The smallest absolute Gasteiger partial charge is 0.399 e. The Morgan fingerprint density at radius 3 is 1.33 bits per heavy atom. The molecule has 0 bridgehead atoms. The van der Waals surface area contributed by atoms with Crippen molar-refractivity contribution in [1.82, 2.24) is 0 Å². The molecule has 0 saturated heterocycles. The molecule has 2 aromatic rings. The lowest BCUT2D eigenvalue weighted by Gasteiger charge is -2.10. The standard InChI is InChI=1S/C7H4Br2F3NO2S.C7H6F3NO2S/c8-4-1-3(2-5(9)6(4)13)16(14,15)7(10,11)12;8-7(9,10)14(12,13)6-3-1-5(11)2-4-6/h1-2H,13H2;1-4H,11H2. The number of halogens is 8. The van der Waals surface area contributed by atoms with Crippen molar-refractivity contribution in [1.29, 1.82) is 0 Å². The molecule has 30 heavy (non-hydrogen) atoms. The van der Waals surface area contributed by atoms with Crippen LogP contribution in [0.1, 0.15) is 0 Å². The summed E-state index contributed by atoms with van der Waals surface area (Å²) in [6.45, 7) is 0. The van der Waals surface area contributed by atoms with E-state index in [2.05, 4.69) is 31.9 Å². The van der Waals surface area contributed by atoms with Gasteiger partial charge in [0.05, 0.1) is 15.5 Å². The third-order valence-electron chi connectivity index (χ3n) is 3.16. The van der Waals surface area contributed by atoms with Crippen LogP contribution in [0.4, 0.5) is 37.7 Å². The number of rotatable bonds is 2. The molecule has 16 heteroatoms. The Hall–Kier alpha value is -1.52. The lowest BCUT2D eigenvalue weighted by molar-refractivity contribution is -0.0442. The summed E-state index contributed by atoms with van der Waals surface area (Å²) in [5.74, 6) is 0. The minimum atomic E-state index is -5.35. The minimum absolute atomic E-state index is 0.0738. The van der Waals surface area contributed by atoms with Crippen molar-refractivity contribution in [2.24, 2.45) is 0 Å². The zero-order chi connectivity index (χ0) is 23.7. The molecule has 2 aromatic carbocycles. The van der Waals surface area contributed by atoms with Gasteiger partial charge in [0.2, 0.25) is 0 Å². The average Bonchev–Trinajstić information content (AvgIpc) is 2.58. The number of anilines is 2. The average molecular weight is 608 g/mol. The van der Waals surface area contributed by atoms with Gasteiger partial charge < -0.3 is 11.5 Å². The third kappa shape index (κ3) is 5.79. The van der Waals surface area contributed by atoms with Gasteiger partial charge in [0, 0.05) is 14.6 Å². The summed E-state index contributed by atoms with van der Waals surface area (Å²) < 4.78 is 117. The first kappa shape index (κ1) is 26.5. The van der Waals surface area contributed by atoms with Crippen molar-refractivity contribution < 1.29 is 43.2 Å². The molecule has 4 N–H and O–H groups in total. The summed E-state index contributed by atoms with van der Waals surface area (Å²) in [7, 11) is -10.6. The van der Waals surface area contributed by atoms with Crippen LogP contribution in [-0.4, -0.2) is 27.9 Å². The Morgan fingerprint density at radius 2 is 1.00 bits per heavy atom. The molecular weight excluding hydrogens is 598 g/mol. The largest absolute Gasteiger partial charge is 0.501 e. The summed E-state index contributed by atoms with van der Waals surface area (Å²) in [5, 5.41) is 0. The molecule has 0 unspecified atom stereocenters. The van der Waals surface area contributed by atoms with E-state index in [0.717, 1.165) is 36.4 Å². The highest BCUT2D eigenvalue weighted by Gasteiger charge is 2.47. The second-order valence-corrected chi connectivity index (χ2v) is 10.9. The monoisotopic (exact) mass is 606 g/mol. The van der Waals surface area contributed by atoms with Gasteiger partial charge in [0.25, 0.3) is 19.7 Å². The van der Waals surface area contributed by atoms with Gasteiger partial charge in [0.15, 0.2) is 0 Å². The van der Waals surface area contributed by atoms with Crippen molar-refractivity contribution in [2.75, 3.05) is 11.5 Å². The molecule has 6 nitrogen and oxygen atoms in total. The fourth-order valence-corrected chi connectivity index (χ4v) is 4.69. The first-order valence-electron chi connectivity index (χ1n) is 7.05. The van der Waals surface area contributed by atoms with Gasteiger partial charge in [0.1, 0.15) is 0 Å². The number of hydrogen-bond donors (Lipinski definition) is 2. The lowest BCUT2D eigenvalue weighted by atomic mass is 10.3. The molecule has 0 aromatic heterocycles. The second-order valence-electron chi connectivity index (χ2n) is 5.27. The minimum Gasteiger partial charge on any atom is -0.399 e. The highest BCUT2D eigenvalue weighted by molar-refractivity contribution is 9.11. The van der Waals surface area contributed by atoms with E-state index in [0.29, 0.717) is 0 Å². The van der Waals surface area contributed by atoms with Crippen molar-refractivity contribution in [3.63, 3.8) is 0 Å². The van der Waals surface area contributed by atoms with Crippen LogP contribution < -0.4 is 11.5 Å². The van der Waals surface area contributed by atoms with E-state index in [1.165, 1.54) is 0 Å². The van der Waals surface area contributed by atoms with Crippen LogP contribution in [0.15, 0.2) is 55.1 Å². The summed E-state index contributed by atoms with van der Waals surface area (Å²) >= 11 is 5.74. The maximum Gasteiger partial charge on any atom is 0.501 e. The van der Waals surface area contributed by atoms with E-state index >= 15 is 0 Å². The molecule has 168 valence electrons. The molecule has 0 aliphatic heterocycles. The van der Waals surface area contributed by atoms with Crippen LogP contribution in [0, 0.1) is 0 Å². The molecule has 0 heterocycles. The molecule has 0 aliphatic rings. The zero-order valence-corrected chi connectivity index (χ0v) is 18.9. The number of alkyl halides is 6. The van der Waals surface area contributed by atoms with Crippen molar-refractivity contribution in [2.45, 2.75) is 20.8 Å². The second kappa shape index (κ2) is 8.92. The van der Waals surface area contributed by atoms with Crippen molar-refractivity contribution in [3.8, 4) is 0 Å². The van der Waals surface area contributed by atoms with Gasteiger partial charge in [-0.25, -0.2) is 16.8 Å². The Balaban J connectivity index is 0.000000303. The molecule has 0 spiro atoms. The fourth-order valence-electron chi connectivity index (χ4n) is 1.63. The number of hydrogen-bond acceptors (Lipinski definition) is 6. The Morgan fingerprint density at radius 1 is 0.667 bits per heavy atom. The molecule has 0 saturated carbocycles. The Bertz CT molecular complexity index is 1110. The van der Waals surface area contributed by atoms with Crippen molar-refractivity contribution in [3.05, 3.63) is 45.3 Å². The zero-order valence-electron chi connectivity index (χ0n) is 14.1. The number of sulfone groups is 2. The summed E-state index contributed by atoms with van der Waals surface area (Å²) in [6.07, 6.45) is 0. The third-order valence-corrected chi connectivity index (χ3v) is 7.44. The maximum atomic E-state index is 12.2. The lowest BCUT2D eigenvalue weighted by Crippen LogP contribution is -2.23. The number of nitrogen functional groups attached to an aromatic ring is 2. The van der Waals surface area contributed by atoms with Crippen molar-refractivity contribution >= 4 is 62.9 Å². The van der Waals surface area contributed by atoms with E-state index in [9.17, 15) is 43.2 Å². The van der Waals surface area contributed by atoms with E-state index in [-0.39, 0.29) is 20.3 Å². The molecule has 0 aliphatic carbocycles. The normalized spacial score (nSPS) is 12.8. The molecule has 0 radical (unpaired) electrons. The summed E-state index contributed by atoms with van der Waals surface area (Å²) in [5.41, 5.74) is 0.356. The quantitative estimate of drug-likeness (QED) is 0.379.